The third-order valence-electron chi connectivity index (χ3n) is 3.30. The van der Waals surface area contributed by atoms with Crippen LogP contribution >= 0.6 is 11.6 Å². The Balaban J connectivity index is 1.61. The van der Waals surface area contributed by atoms with Gasteiger partial charge in [0.05, 0.1) is 5.71 Å². The second-order valence-electron chi connectivity index (χ2n) is 5.00. The van der Waals surface area contributed by atoms with Gasteiger partial charge in [0.15, 0.2) is 12.4 Å². The minimum Gasteiger partial charge on any atom is -0.387 e. The minimum atomic E-state index is 0.227. The molecule has 0 unspecified atom stereocenters. The molecule has 1 heterocycles. The molecule has 116 valence electrons. The van der Waals surface area contributed by atoms with E-state index in [0.717, 1.165) is 22.5 Å². The number of benzene rings is 2. The fourth-order valence-corrected chi connectivity index (χ4v) is 2.19. The largest absolute Gasteiger partial charge is 0.387 e. The summed E-state index contributed by atoms with van der Waals surface area (Å²) in [5.41, 5.74) is 3.51. The maximum absolute atomic E-state index is 5.86. The molecule has 2 aromatic carbocycles. The fraction of sp³-hybridized carbons (Fsp3) is 0.111. The summed E-state index contributed by atoms with van der Waals surface area (Å²) in [6.45, 7) is 2.10. The van der Waals surface area contributed by atoms with Crippen LogP contribution in [0, 0.1) is 0 Å². The van der Waals surface area contributed by atoms with E-state index in [-0.39, 0.29) is 6.61 Å². The van der Waals surface area contributed by atoms with Crippen LogP contribution in [-0.2, 0) is 11.4 Å². The first kappa shape index (κ1) is 15.3. The van der Waals surface area contributed by atoms with Gasteiger partial charge >= 0.3 is 0 Å². The van der Waals surface area contributed by atoms with Gasteiger partial charge in [-0.2, -0.15) is 0 Å². The molecule has 3 aromatic rings. The number of nitrogens with zero attached hydrogens (tertiary/aromatic N) is 2. The molecule has 0 aliphatic rings. The molecule has 0 radical (unpaired) electrons. The van der Waals surface area contributed by atoms with Gasteiger partial charge in [0.1, 0.15) is 5.69 Å². The first-order chi connectivity index (χ1) is 11.2. The SMILES string of the molecule is C/C(=N\OCc1cc(-c2ccccc2)no1)c1ccc(Cl)cc1. The number of oxime groups is 1. The molecule has 0 saturated carbocycles. The topological polar surface area (TPSA) is 47.6 Å². The Morgan fingerprint density at radius 1 is 1.13 bits per heavy atom. The standard InChI is InChI=1S/C18H15ClN2O2/c1-13(14-7-9-16(19)10-8-14)20-22-12-17-11-18(21-23-17)15-5-3-2-4-6-15/h2-11H,12H2,1H3/b20-13+. The molecule has 4 nitrogen and oxygen atoms in total. The second kappa shape index (κ2) is 7.11. The van der Waals surface area contributed by atoms with E-state index in [9.17, 15) is 0 Å². The Labute approximate surface area is 139 Å². The number of hydrogen-bond donors (Lipinski definition) is 0. The summed E-state index contributed by atoms with van der Waals surface area (Å²) in [4.78, 5) is 5.34. The van der Waals surface area contributed by atoms with Crippen LogP contribution in [0.15, 0.2) is 70.3 Å². The number of aromatic nitrogens is 1. The maximum Gasteiger partial charge on any atom is 0.177 e. The average Bonchev–Trinajstić information content (AvgIpc) is 3.05. The van der Waals surface area contributed by atoms with Crippen LogP contribution in [-0.4, -0.2) is 10.9 Å². The summed E-state index contributed by atoms with van der Waals surface area (Å²) < 4.78 is 5.26. The van der Waals surface area contributed by atoms with E-state index in [4.69, 9.17) is 21.0 Å². The zero-order valence-corrected chi connectivity index (χ0v) is 13.3. The molecular formula is C18H15ClN2O2. The first-order valence-corrected chi connectivity index (χ1v) is 7.54. The van der Waals surface area contributed by atoms with Crippen molar-refractivity contribution >= 4 is 17.3 Å². The monoisotopic (exact) mass is 326 g/mol. The highest BCUT2D eigenvalue weighted by molar-refractivity contribution is 6.30. The second-order valence-corrected chi connectivity index (χ2v) is 5.44. The zero-order chi connectivity index (χ0) is 16.1. The molecule has 0 aliphatic heterocycles. The van der Waals surface area contributed by atoms with Crippen molar-refractivity contribution in [3.8, 4) is 11.3 Å². The summed E-state index contributed by atoms with van der Waals surface area (Å²) in [6.07, 6.45) is 0. The van der Waals surface area contributed by atoms with E-state index < -0.39 is 0 Å². The molecule has 0 saturated heterocycles. The summed E-state index contributed by atoms with van der Waals surface area (Å²) in [6, 6.07) is 19.1. The molecule has 0 atom stereocenters. The van der Waals surface area contributed by atoms with Crippen LogP contribution < -0.4 is 0 Å². The van der Waals surface area contributed by atoms with Crippen LogP contribution in [0.3, 0.4) is 0 Å². The van der Waals surface area contributed by atoms with Gasteiger partial charge in [-0.05, 0) is 24.6 Å². The molecule has 0 aliphatic carbocycles. The van der Waals surface area contributed by atoms with Gasteiger partial charge in [-0.3, -0.25) is 0 Å². The van der Waals surface area contributed by atoms with E-state index in [1.807, 2.05) is 67.6 Å². The Bertz CT molecular complexity index is 795. The van der Waals surface area contributed by atoms with Crippen molar-refractivity contribution in [1.29, 1.82) is 0 Å². The van der Waals surface area contributed by atoms with Crippen molar-refractivity contribution in [2.24, 2.45) is 5.16 Å². The van der Waals surface area contributed by atoms with Crippen LogP contribution in [0.2, 0.25) is 5.02 Å². The highest BCUT2D eigenvalue weighted by Crippen LogP contribution is 2.19. The molecule has 0 fully saturated rings. The van der Waals surface area contributed by atoms with Gasteiger partial charge in [0, 0.05) is 16.7 Å². The van der Waals surface area contributed by atoms with Crippen molar-refractivity contribution in [2.45, 2.75) is 13.5 Å². The van der Waals surface area contributed by atoms with E-state index >= 15 is 0 Å². The molecular weight excluding hydrogens is 312 g/mol. The molecule has 1 aromatic heterocycles. The Hall–Kier alpha value is -2.59. The number of rotatable bonds is 5. The van der Waals surface area contributed by atoms with Gasteiger partial charge < -0.3 is 9.36 Å². The van der Waals surface area contributed by atoms with Crippen molar-refractivity contribution in [3.05, 3.63) is 77.0 Å². The molecule has 0 amide bonds. The quantitative estimate of drug-likeness (QED) is 0.493. The molecule has 0 N–H and O–H groups in total. The van der Waals surface area contributed by atoms with Crippen molar-refractivity contribution in [3.63, 3.8) is 0 Å². The Morgan fingerprint density at radius 2 is 1.87 bits per heavy atom. The number of halogens is 1. The molecule has 0 bridgehead atoms. The number of hydrogen-bond acceptors (Lipinski definition) is 4. The van der Waals surface area contributed by atoms with E-state index in [0.29, 0.717) is 10.8 Å². The van der Waals surface area contributed by atoms with Gasteiger partial charge in [0.2, 0.25) is 0 Å². The Kier molecular flexibility index (Phi) is 4.74. The normalized spacial score (nSPS) is 11.5. The predicted octanol–water partition coefficient (Wildman–Crippen LogP) is 4.94. The van der Waals surface area contributed by atoms with Gasteiger partial charge in [-0.25, -0.2) is 0 Å². The minimum absolute atomic E-state index is 0.227. The summed E-state index contributed by atoms with van der Waals surface area (Å²) in [7, 11) is 0. The van der Waals surface area contributed by atoms with Crippen molar-refractivity contribution in [1.82, 2.24) is 5.16 Å². The lowest BCUT2D eigenvalue weighted by Gasteiger charge is -2.01. The molecule has 0 spiro atoms. The van der Waals surface area contributed by atoms with Crippen molar-refractivity contribution < 1.29 is 9.36 Å². The summed E-state index contributed by atoms with van der Waals surface area (Å²) >= 11 is 5.86. The molecule has 5 heteroatoms. The third-order valence-corrected chi connectivity index (χ3v) is 3.55. The lowest BCUT2D eigenvalue weighted by molar-refractivity contribution is 0.109. The van der Waals surface area contributed by atoms with E-state index in [1.165, 1.54) is 0 Å². The van der Waals surface area contributed by atoms with Crippen molar-refractivity contribution in [2.75, 3.05) is 0 Å². The third kappa shape index (κ3) is 3.99. The lowest BCUT2D eigenvalue weighted by Crippen LogP contribution is -1.96. The van der Waals surface area contributed by atoms with Gasteiger partial charge in [0.25, 0.3) is 0 Å². The average molecular weight is 327 g/mol. The first-order valence-electron chi connectivity index (χ1n) is 7.16. The highest BCUT2D eigenvalue weighted by Gasteiger charge is 2.06. The maximum atomic E-state index is 5.86. The zero-order valence-electron chi connectivity index (χ0n) is 12.6. The highest BCUT2D eigenvalue weighted by atomic mass is 35.5. The van der Waals surface area contributed by atoms with Crippen LogP contribution in [0.1, 0.15) is 18.2 Å². The Morgan fingerprint density at radius 3 is 2.61 bits per heavy atom. The van der Waals surface area contributed by atoms with Gasteiger partial charge in [-0.1, -0.05) is 64.4 Å². The van der Waals surface area contributed by atoms with Crippen LogP contribution in [0.5, 0.6) is 0 Å². The van der Waals surface area contributed by atoms with E-state index in [1.54, 1.807) is 0 Å². The summed E-state index contributed by atoms with van der Waals surface area (Å²) in [5, 5.41) is 8.81. The fourth-order valence-electron chi connectivity index (χ4n) is 2.06. The predicted molar refractivity (Wildman–Crippen MR) is 90.4 cm³/mol. The van der Waals surface area contributed by atoms with Crippen LogP contribution in [0.25, 0.3) is 11.3 Å². The van der Waals surface area contributed by atoms with Crippen LogP contribution in [0.4, 0.5) is 0 Å². The smallest absolute Gasteiger partial charge is 0.177 e. The van der Waals surface area contributed by atoms with Gasteiger partial charge in [-0.15, -0.1) is 0 Å². The van der Waals surface area contributed by atoms with E-state index in [2.05, 4.69) is 10.3 Å². The lowest BCUT2D eigenvalue weighted by atomic mass is 10.1. The molecule has 3 rings (SSSR count). The molecule has 23 heavy (non-hydrogen) atoms. The summed E-state index contributed by atoms with van der Waals surface area (Å²) in [5.74, 6) is 0.622.